The van der Waals surface area contributed by atoms with Gasteiger partial charge in [0, 0.05) is 35.9 Å². The lowest BCUT2D eigenvalue weighted by atomic mass is 10.0. The monoisotopic (exact) mass is 389 g/mol. The van der Waals surface area contributed by atoms with Gasteiger partial charge in [0.15, 0.2) is 5.11 Å². The van der Waals surface area contributed by atoms with E-state index in [-0.39, 0.29) is 0 Å². The summed E-state index contributed by atoms with van der Waals surface area (Å²) in [5, 5.41) is 7.51. The summed E-state index contributed by atoms with van der Waals surface area (Å²) in [7, 11) is 0. The number of aromatic nitrogens is 2. The Morgan fingerprint density at radius 3 is 2.77 bits per heavy atom. The van der Waals surface area contributed by atoms with Crippen LogP contribution in [0.25, 0.3) is 0 Å². The van der Waals surface area contributed by atoms with Gasteiger partial charge < -0.3 is 15.5 Å². The lowest BCUT2D eigenvalue weighted by Gasteiger charge is -2.34. The van der Waals surface area contributed by atoms with Gasteiger partial charge in [-0.25, -0.2) is 4.98 Å². The lowest BCUT2D eigenvalue weighted by molar-refractivity contribution is 0.481. The van der Waals surface area contributed by atoms with Crippen molar-refractivity contribution in [3.63, 3.8) is 0 Å². The molecule has 1 aromatic heterocycles. The van der Waals surface area contributed by atoms with Gasteiger partial charge in [0.25, 0.3) is 0 Å². The summed E-state index contributed by atoms with van der Waals surface area (Å²) in [6, 6.07) is 10.2. The van der Waals surface area contributed by atoms with E-state index < -0.39 is 0 Å². The molecular formula is C19H24ClN5S. The third-order valence-corrected chi connectivity index (χ3v) is 5.03. The molecule has 1 aliphatic heterocycles. The number of benzene rings is 1. The molecule has 1 aromatic carbocycles. The Hall–Kier alpha value is -1.92. The van der Waals surface area contributed by atoms with Gasteiger partial charge in [-0.15, -0.1) is 0 Å². The van der Waals surface area contributed by atoms with Crippen molar-refractivity contribution in [3.8, 4) is 0 Å². The minimum Gasteiger partial charge on any atom is -0.358 e. The van der Waals surface area contributed by atoms with Crippen molar-refractivity contribution in [1.29, 1.82) is 0 Å². The summed E-state index contributed by atoms with van der Waals surface area (Å²) in [6.45, 7) is 5.89. The molecular weight excluding hydrogens is 366 g/mol. The molecule has 0 amide bonds. The number of hydrogen-bond donors (Lipinski definition) is 2. The highest BCUT2D eigenvalue weighted by atomic mass is 35.5. The first-order chi connectivity index (χ1) is 12.5. The van der Waals surface area contributed by atoms with Crippen LogP contribution in [0.2, 0.25) is 5.02 Å². The molecule has 2 aromatic rings. The highest BCUT2D eigenvalue weighted by Gasteiger charge is 2.20. The second kappa shape index (κ2) is 8.64. The predicted octanol–water partition coefficient (Wildman–Crippen LogP) is 4.30. The maximum atomic E-state index is 5.91. The van der Waals surface area contributed by atoms with E-state index in [4.69, 9.17) is 23.8 Å². The summed E-state index contributed by atoms with van der Waals surface area (Å²) in [5.74, 6) is 1.50. The van der Waals surface area contributed by atoms with Crippen LogP contribution in [0.15, 0.2) is 30.3 Å². The second-order valence-electron chi connectivity index (χ2n) is 6.66. The van der Waals surface area contributed by atoms with Crippen LogP contribution < -0.4 is 15.5 Å². The van der Waals surface area contributed by atoms with Gasteiger partial charge in [0.1, 0.15) is 5.82 Å². The number of anilines is 2. The van der Waals surface area contributed by atoms with E-state index in [0.717, 1.165) is 28.6 Å². The molecule has 1 atom stereocenters. The van der Waals surface area contributed by atoms with Crippen molar-refractivity contribution in [2.24, 2.45) is 0 Å². The molecule has 0 bridgehead atoms. The smallest absolute Gasteiger partial charge is 0.231 e. The van der Waals surface area contributed by atoms with Crippen LogP contribution in [0.4, 0.5) is 11.8 Å². The average molecular weight is 390 g/mol. The number of rotatable bonds is 4. The molecule has 1 saturated heterocycles. The standard InChI is InChI=1S/C19H24ClN5S/c1-13-11-17(25-10-4-3-5-14(25)2)23-18(22-13)24-19(26)21-12-15-6-8-16(20)9-7-15/h6-9,11,14H,3-5,10,12H2,1-2H3,(H2,21,22,23,24,26)/t14-/m0/s1. The maximum absolute atomic E-state index is 5.91. The van der Waals surface area contributed by atoms with E-state index in [0.29, 0.717) is 23.6 Å². The Morgan fingerprint density at radius 2 is 2.04 bits per heavy atom. The van der Waals surface area contributed by atoms with Crippen molar-refractivity contribution in [2.45, 2.75) is 45.7 Å². The fourth-order valence-corrected chi connectivity index (χ4v) is 3.41. The molecule has 5 nitrogen and oxygen atoms in total. The summed E-state index contributed by atoms with van der Waals surface area (Å²) >= 11 is 11.3. The fraction of sp³-hybridized carbons (Fsp3) is 0.421. The van der Waals surface area contributed by atoms with E-state index in [1.54, 1.807) is 0 Å². The highest BCUT2D eigenvalue weighted by molar-refractivity contribution is 7.80. The van der Waals surface area contributed by atoms with Crippen LogP contribution in [-0.2, 0) is 6.54 Å². The molecule has 138 valence electrons. The van der Waals surface area contributed by atoms with Crippen LogP contribution in [-0.4, -0.2) is 27.7 Å². The van der Waals surface area contributed by atoms with E-state index in [2.05, 4.69) is 32.4 Å². The van der Waals surface area contributed by atoms with E-state index in [1.807, 2.05) is 37.3 Å². The SMILES string of the molecule is Cc1cc(N2CCCC[C@@H]2C)nc(NC(=S)NCc2ccc(Cl)cc2)n1. The molecule has 2 heterocycles. The summed E-state index contributed by atoms with van der Waals surface area (Å²) in [4.78, 5) is 11.5. The molecule has 1 aliphatic rings. The van der Waals surface area contributed by atoms with Gasteiger partial charge in [-0.1, -0.05) is 23.7 Å². The van der Waals surface area contributed by atoms with Crippen molar-refractivity contribution < 1.29 is 0 Å². The topological polar surface area (TPSA) is 53.1 Å². The van der Waals surface area contributed by atoms with Crippen LogP contribution in [0, 0.1) is 6.92 Å². The van der Waals surface area contributed by atoms with Crippen LogP contribution >= 0.6 is 23.8 Å². The summed E-state index contributed by atoms with van der Waals surface area (Å²) < 4.78 is 0. The van der Waals surface area contributed by atoms with E-state index in [1.165, 1.54) is 19.3 Å². The van der Waals surface area contributed by atoms with Crippen LogP contribution in [0.1, 0.15) is 37.4 Å². The van der Waals surface area contributed by atoms with Crippen LogP contribution in [0.5, 0.6) is 0 Å². The first-order valence-electron chi connectivity index (χ1n) is 8.93. The minimum atomic E-state index is 0.501. The number of thiocarbonyl (C=S) groups is 1. The Kier molecular flexibility index (Phi) is 6.27. The quantitative estimate of drug-likeness (QED) is 0.760. The molecule has 3 rings (SSSR count). The zero-order chi connectivity index (χ0) is 18.5. The lowest BCUT2D eigenvalue weighted by Crippen LogP contribution is -2.38. The average Bonchev–Trinajstić information content (AvgIpc) is 2.61. The van der Waals surface area contributed by atoms with Gasteiger partial charge >= 0.3 is 0 Å². The van der Waals surface area contributed by atoms with Gasteiger partial charge in [0.05, 0.1) is 0 Å². The number of nitrogens with one attached hydrogen (secondary N) is 2. The molecule has 0 unspecified atom stereocenters. The molecule has 0 saturated carbocycles. The third-order valence-electron chi connectivity index (χ3n) is 4.53. The summed E-state index contributed by atoms with van der Waals surface area (Å²) in [5.41, 5.74) is 2.03. The largest absolute Gasteiger partial charge is 0.358 e. The Balaban J connectivity index is 1.63. The highest BCUT2D eigenvalue weighted by Crippen LogP contribution is 2.24. The van der Waals surface area contributed by atoms with E-state index in [9.17, 15) is 0 Å². The second-order valence-corrected chi connectivity index (χ2v) is 7.51. The molecule has 0 radical (unpaired) electrons. The molecule has 7 heteroatoms. The molecule has 0 spiro atoms. The van der Waals surface area contributed by atoms with E-state index >= 15 is 0 Å². The summed E-state index contributed by atoms with van der Waals surface area (Å²) in [6.07, 6.45) is 3.69. The number of aryl methyl sites for hydroxylation is 1. The first-order valence-corrected chi connectivity index (χ1v) is 9.71. The molecule has 1 fully saturated rings. The van der Waals surface area contributed by atoms with Gasteiger partial charge in [-0.3, -0.25) is 0 Å². The van der Waals surface area contributed by atoms with Crippen molar-refractivity contribution in [1.82, 2.24) is 15.3 Å². The van der Waals surface area contributed by atoms with Crippen molar-refractivity contribution in [2.75, 3.05) is 16.8 Å². The van der Waals surface area contributed by atoms with Gasteiger partial charge in [-0.05, 0) is 63.0 Å². The minimum absolute atomic E-state index is 0.501. The number of halogens is 1. The predicted molar refractivity (Wildman–Crippen MR) is 112 cm³/mol. The normalized spacial score (nSPS) is 17.0. The number of nitrogens with zero attached hydrogens (tertiary/aromatic N) is 3. The Bertz CT molecular complexity index is 765. The van der Waals surface area contributed by atoms with Crippen molar-refractivity contribution in [3.05, 3.63) is 46.6 Å². The van der Waals surface area contributed by atoms with Crippen molar-refractivity contribution >= 4 is 40.7 Å². The Morgan fingerprint density at radius 1 is 1.27 bits per heavy atom. The van der Waals surface area contributed by atoms with Gasteiger partial charge in [0.2, 0.25) is 5.95 Å². The zero-order valence-corrected chi connectivity index (χ0v) is 16.7. The third kappa shape index (κ3) is 5.05. The zero-order valence-electron chi connectivity index (χ0n) is 15.1. The first kappa shape index (κ1) is 18.9. The van der Waals surface area contributed by atoms with Gasteiger partial charge in [-0.2, -0.15) is 4.98 Å². The molecule has 26 heavy (non-hydrogen) atoms. The maximum Gasteiger partial charge on any atom is 0.231 e. The number of piperidine rings is 1. The van der Waals surface area contributed by atoms with Crippen LogP contribution in [0.3, 0.4) is 0 Å². The fourth-order valence-electron chi connectivity index (χ4n) is 3.12. The Labute approximate surface area is 165 Å². The molecule has 0 aliphatic carbocycles. The number of hydrogen-bond acceptors (Lipinski definition) is 4. The molecule has 2 N–H and O–H groups in total.